The van der Waals surface area contributed by atoms with Crippen LogP contribution in [0.3, 0.4) is 0 Å². The number of rotatable bonds is 17. The number of unbranched alkanes of at least 4 members (excludes halogenated alkanes) is 11. The Labute approximate surface area is 197 Å². The molecule has 2 aromatic heterocycles. The van der Waals surface area contributed by atoms with E-state index in [1.807, 2.05) is 6.26 Å². The second-order valence-electron chi connectivity index (χ2n) is 8.14. The molecule has 8 heteroatoms. The van der Waals surface area contributed by atoms with Crippen molar-refractivity contribution in [2.75, 3.05) is 19.5 Å². The number of ether oxygens (including phenoxy) is 2. The summed E-state index contributed by atoms with van der Waals surface area (Å²) in [5.74, 6) is 0.0899. The summed E-state index contributed by atoms with van der Waals surface area (Å²) < 4.78 is 12.8. The van der Waals surface area contributed by atoms with Crippen molar-refractivity contribution in [1.82, 2.24) is 19.7 Å². The van der Waals surface area contributed by atoms with Crippen molar-refractivity contribution in [3.63, 3.8) is 0 Å². The average Bonchev–Trinajstić information content (AvgIpc) is 3.11. The van der Waals surface area contributed by atoms with E-state index in [0.717, 1.165) is 12.8 Å². The molecule has 0 unspecified atom stereocenters. The molecular formula is C24H40N4O3S. The molecule has 0 fully saturated rings. The SMILES string of the molecule is CCCCCCCCCCCCCCOc1c2nc(SC)nc(C(=O)OCC)c2nn1C. The number of thioether (sulfide) groups is 1. The highest BCUT2D eigenvalue weighted by Crippen LogP contribution is 2.27. The molecule has 0 saturated heterocycles. The molecule has 7 nitrogen and oxygen atoms in total. The van der Waals surface area contributed by atoms with E-state index in [4.69, 9.17) is 9.47 Å². The van der Waals surface area contributed by atoms with Crippen molar-refractivity contribution in [1.29, 1.82) is 0 Å². The minimum Gasteiger partial charge on any atom is -0.476 e. The molecule has 0 N–H and O–H groups in total. The van der Waals surface area contributed by atoms with Crippen LogP contribution in [-0.2, 0) is 11.8 Å². The van der Waals surface area contributed by atoms with Gasteiger partial charge in [-0.05, 0) is 19.6 Å². The van der Waals surface area contributed by atoms with Gasteiger partial charge < -0.3 is 9.47 Å². The fraction of sp³-hybridized carbons (Fsp3) is 0.750. The van der Waals surface area contributed by atoms with Crippen molar-refractivity contribution < 1.29 is 14.3 Å². The van der Waals surface area contributed by atoms with Gasteiger partial charge in [0.1, 0.15) is 5.52 Å². The zero-order valence-corrected chi connectivity index (χ0v) is 21.1. The van der Waals surface area contributed by atoms with Crippen LogP contribution in [0.15, 0.2) is 5.16 Å². The molecule has 0 spiro atoms. The lowest BCUT2D eigenvalue weighted by atomic mass is 10.1. The molecule has 0 aromatic carbocycles. The highest BCUT2D eigenvalue weighted by atomic mass is 32.2. The largest absolute Gasteiger partial charge is 0.476 e. The van der Waals surface area contributed by atoms with Crippen molar-refractivity contribution in [3.8, 4) is 5.88 Å². The van der Waals surface area contributed by atoms with Gasteiger partial charge in [0.2, 0.25) is 5.88 Å². The maximum atomic E-state index is 12.3. The van der Waals surface area contributed by atoms with Crippen LogP contribution in [0.2, 0.25) is 0 Å². The van der Waals surface area contributed by atoms with Gasteiger partial charge in [-0.15, -0.1) is 0 Å². The number of hydrogen-bond acceptors (Lipinski definition) is 7. The Kier molecular flexibility index (Phi) is 12.5. The first-order valence-corrected chi connectivity index (χ1v) is 13.4. The van der Waals surface area contributed by atoms with Gasteiger partial charge in [-0.3, -0.25) is 0 Å². The number of aryl methyl sites for hydroxylation is 1. The van der Waals surface area contributed by atoms with Gasteiger partial charge in [0, 0.05) is 7.05 Å². The Bertz CT molecular complexity index is 825. The first kappa shape index (κ1) is 26.4. The van der Waals surface area contributed by atoms with E-state index in [1.165, 1.54) is 76.0 Å². The molecule has 0 aliphatic heterocycles. The summed E-state index contributed by atoms with van der Waals surface area (Å²) in [6.07, 6.45) is 17.6. The minimum atomic E-state index is -0.485. The molecule has 32 heavy (non-hydrogen) atoms. The fourth-order valence-electron chi connectivity index (χ4n) is 3.73. The molecule has 2 heterocycles. The van der Waals surface area contributed by atoms with Gasteiger partial charge >= 0.3 is 5.97 Å². The van der Waals surface area contributed by atoms with Crippen LogP contribution < -0.4 is 4.74 Å². The first-order valence-electron chi connectivity index (χ1n) is 12.2. The maximum absolute atomic E-state index is 12.3. The molecule has 0 saturated carbocycles. The summed E-state index contributed by atoms with van der Waals surface area (Å²) in [6.45, 7) is 4.93. The van der Waals surface area contributed by atoms with Crippen LogP contribution in [0.4, 0.5) is 0 Å². The third kappa shape index (κ3) is 8.26. The average molecular weight is 465 g/mol. The molecule has 0 aliphatic carbocycles. The maximum Gasteiger partial charge on any atom is 0.359 e. The van der Waals surface area contributed by atoms with Crippen molar-refractivity contribution >= 4 is 28.8 Å². The lowest BCUT2D eigenvalue weighted by Gasteiger charge is -2.07. The Balaban J connectivity index is 1.76. The van der Waals surface area contributed by atoms with E-state index >= 15 is 0 Å². The quantitative estimate of drug-likeness (QED) is 0.117. The van der Waals surface area contributed by atoms with Crippen molar-refractivity contribution in [2.45, 2.75) is 96.1 Å². The summed E-state index contributed by atoms with van der Waals surface area (Å²) in [5, 5.41) is 4.93. The summed E-state index contributed by atoms with van der Waals surface area (Å²) >= 11 is 1.38. The van der Waals surface area contributed by atoms with Gasteiger partial charge in [0.05, 0.1) is 13.2 Å². The number of hydrogen-bond donors (Lipinski definition) is 0. The van der Waals surface area contributed by atoms with E-state index in [0.29, 0.717) is 28.7 Å². The molecule has 0 atom stereocenters. The number of fused-ring (bicyclic) bond motifs is 1. The molecule has 0 bridgehead atoms. The summed E-state index contributed by atoms with van der Waals surface area (Å²) in [6, 6.07) is 0. The summed E-state index contributed by atoms with van der Waals surface area (Å²) in [7, 11) is 1.80. The highest BCUT2D eigenvalue weighted by molar-refractivity contribution is 7.98. The van der Waals surface area contributed by atoms with E-state index in [2.05, 4.69) is 22.0 Å². The topological polar surface area (TPSA) is 79.1 Å². The normalized spacial score (nSPS) is 11.2. The molecule has 0 radical (unpaired) electrons. The van der Waals surface area contributed by atoms with Crippen LogP contribution in [0.1, 0.15) is 101 Å². The van der Waals surface area contributed by atoms with E-state index in [1.54, 1.807) is 18.7 Å². The predicted molar refractivity (Wildman–Crippen MR) is 131 cm³/mol. The first-order chi connectivity index (χ1) is 15.6. The second-order valence-corrected chi connectivity index (χ2v) is 8.92. The van der Waals surface area contributed by atoms with Crippen LogP contribution >= 0.6 is 11.8 Å². The molecular weight excluding hydrogens is 424 g/mol. The Morgan fingerprint density at radius 3 is 2.03 bits per heavy atom. The van der Waals surface area contributed by atoms with Crippen LogP contribution in [0.5, 0.6) is 5.88 Å². The van der Waals surface area contributed by atoms with E-state index in [9.17, 15) is 4.79 Å². The van der Waals surface area contributed by atoms with Gasteiger partial charge in [-0.1, -0.05) is 89.3 Å². The molecule has 2 rings (SSSR count). The van der Waals surface area contributed by atoms with Gasteiger partial charge in [-0.25, -0.2) is 19.4 Å². The Morgan fingerprint density at radius 2 is 1.47 bits per heavy atom. The zero-order valence-electron chi connectivity index (χ0n) is 20.3. The molecule has 0 amide bonds. The third-order valence-corrected chi connectivity index (χ3v) is 6.05. The lowest BCUT2D eigenvalue weighted by Crippen LogP contribution is -2.09. The smallest absolute Gasteiger partial charge is 0.359 e. The molecule has 0 aliphatic rings. The van der Waals surface area contributed by atoms with Gasteiger partial charge in [-0.2, -0.15) is 5.10 Å². The van der Waals surface area contributed by atoms with Crippen molar-refractivity contribution in [3.05, 3.63) is 5.69 Å². The van der Waals surface area contributed by atoms with Crippen LogP contribution in [0, 0.1) is 0 Å². The fourth-order valence-corrected chi connectivity index (χ4v) is 4.10. The summed E-state index contributed by atoms with van der Waals surface area (Å²) in [5.41, 5.74) is 1.18. The standard InChI is InChI=1S/C24H40N4O3S/c1-5-7-8-9-10-11-12-13-14-15-16-17-18-31-22-20-19(27-28(22)3)21(23(29)30-6-2)26-24(25-20)32-4/h5-18H2,1-4H3. The number of aromatic nitrogens is 4. The Morgan fingerprint density at radius 1 is 0.875 bits per heavy atom. The number of carbonyl (C=O) groups excluding carboxylic acids is 1. The highest BCUT2D eigenvalue weighted by Gasteiger charge is 2.23. The van der Waals surface area contributed by atoms with Gasteiger partial charge in [0.15, 0.2) is 16.4 Å². The zero-order chi connectivity index (χ0) is 23.2. The second kappa shape index (κ2) is 15.1. The van der Waals surface area contributed by atoms with Crippen molar-refractivity contribution in [2.24, 2.45) is 7.05 Å². The lowest BCUT2D eigenvalue weighted by molar-refractivity contribution is 0.0520. The molecule has 180 valence electrons. The Hall–Kier alpha value is -1.83. The number of carbonyl (C=O) groups is 1. The monoisotopic (exact) mass is 464 g/mol. The molecule has 2 aromatic rings. The van der Waals surface area contributed by atoms with E-state index in [-0.39, 0.29) is 12.3 Å². The van der Waals surface area contributed by atoms with Crippen LogP contribution in [-0.4, -0.2) is 45.2 Å². The number of nitrogens with zero attached hydrogens (tertiary/aromatic N) is 4. The van der Waals surface area contributed by atoms with Gasteiger partial charge in [0.25, 0.3) is 0 Å². The predicted octanol–water partition coefficient (Wildman–Crippen LogP) is 6.34. The minimum absolute atomic E-state index is 0.192. The van der Waals surface area contributed by atoms with E-state index < -0.39 is 5.97 Å². The van der Waals surface area contributed by atoms with Crippen LogP contribution in [0.25, 0.3) is 11.0 Å². The summed E-state index contributed by atoms with van der Waals surface area (Å²) in [4.78, 5) is 21.2. The third-order valence-electron chi connectivity index (χ3n) is 5.50. The number of esters is 1.